The van der Waals surface area contributed by atoms with E-state index in [0.29, 0.717) is 13.2 Å². The van der Waals surface area contributed by atoms with Crippen molar-refractivity contribution < 1.29 is 27.8 Å². The lowest BCUT2D eigenvalue weighted by molar-refractivity contribution is 0.0696. The van der Waals surface area contributed by atoms with Gasteiger partial charge in [0.15, 0.2) is 0 Å². The molecule has 0 bridgehead atoms. The molecule has 0 aliphatic heterocycles. The highest BCUT2D eigenvalue weighted by molar-refractivity contribution is 7.89. The van der Waals surface area contributed by atoms with Crippen LogP contribution >= 0.6 is 0 Å². The summed E-state index contributed by atoms with van der Waals surface area (Å²) in [5.41, 5.74) is 2.66. The summed E-state index contributed by atoms with van der Waals surface area (Å²) in [4.78, 5) is 11.0. The van der Waals surface area contributed by atoms with E-state index in [1.165, 1.54) is 24.3 Å². The monoisotopic (exact) mass is 481 g/mol. The second kappa shape index (κ2) is 11.5. The van der Waals surface area contributed by atoms with E-state index in [2.05, 4.69) is 4.72 Å². The maximum Gasteiger partial charge on any atom is 0.335 e. The summed E-state index contributed by atoms with van der Waals surface area (Å²) in [6, 6.07) is 20.2. The summed E-state index contributed by atoms with van der Waals surface area (Å²) in [5.74, 6) is 0.390. The third-order valence-corrected chi connectivity index (χ3v) is 6.38. The Labute approximate surface area is 199 Å². The molecule has 3 aromatic carbocycles. The number of carboxylic acid groups (broad SMARTS) is 1. The molecule has 0 radical (unpaired) electrons. The molecule has 0 amide bonds. The van der Waals surface area contributed by atoms with E-state index in [4.69, 9.17) is 14.6 Å². The SMILES string of the molecule is CCOc1ccc(C(=CCNS(=O)(=O)c2ccc(C(=O)O)cc2)c2ccc(OCC)cc2)cc1. The molecule has 3 rings (SSSR count). The fraction of sp³-hybridized carbons (Fsp3) is 0.192. The molecular weight excluding hydrogens is 454 g/mol. The van der Waals surface area contributed by atoms with Crippen LogP contribution in [0.4, 0.5) is 0 Å². The Hall–Kier alpha value is -3.62. The van der Waals surface area contributed by atoms with E-state index < -0.39 is 16.0 Å². The quantitative estimate of drug-likeness (QED) is 0.415. The number of carboxylic acids is 1. The highest BCUT2D eigenvalue weighted by atomic mass is 32.2. The van der Waals surface area contributed by atoms with E-state index in [-0.39, 0.29) is 17.0 Å². The van der Waals surface area contributed by atoms with Gasteiger partial charge in [-0.15, -0.1) is 0 Å². The minimum atomic E-state index is -3.82. The van der Waals surface area contributed by atoms with E-state index in [1.54, 1.807) is 6.08 Å². The molecule has 34 heavy (non-hydrogen) atoms. The van der Waals surface area contributed by atoms with Crippen molar-refractivity contribution in [3.63, 3.8) is 0 Å². The highest BCUT2D eigenvalue weighted by Gasteiger charge is 2.14. The van der Waals surface area contributed by atoms with Crippen LogP contribution in [0.2, 0.25) is 0 Å². The zero-order valence-corrected chi connectivity index (χ0v) is 19.8. The Morgan fingerprint density at radius 3 is 1.65 bits per heavy atom. The van der Waals surface area contributed by atoms with Crippen molar-refractivity contribution >= 4 is 21.6 Å². The van der Waals surface area contributed by atoms with Crippen LogP contribution in [-0.2, 0) is 10.0 Å². The summed E-state index contributed by atoms with van der Waals surface area (Å²) in [5, 5.41) is 9.00. The molecule has 0 aliphatic carbocycles. The van der Waals surface area contributed by atoms with Crippen molar-refractivity contribution in [3.05, 3.63) is 95.6 Å². The fourth-order valence-corrected chi connectivity index (χ4v) is 4.27. The standard InChI is InChI=1S/C26H27NO6S/c1-3-32-22-11-5-19(6-12-22)25(20-7-13-23(14-8-20)33-4-2)17-18-27-34(30,31)24-15-9-21(10-16-24)26(28)29/h5-17,27H,3-4,18H2,1-2H3,(H,28,29). The second-order valence-electron chi connectivity index (χ2n) is 7.21. The minimum absolute atomic E-state index is 0.00501. The average Bonchev–Trinajstić information content (AvgIpc) is 2.84. The second-order valence-corrected chi connectivity index (χ2v) is 8.98. The van der Waals surface area contributed by atoms with Crippen LogP contribution in [0.5, 0.6) is 11.5 Å². The normalized spacial score (nSPS) is 11.0. The summed E-state index contributed by atoms with van der Waals surface area (Å²) in [6.07, 6.45) is 1.80. The lowest BCUT2D eigenvalue weighted by atomic mass is 9.97. The Morgan fingerprint density at radius 2 is 1.24 bits per heavy atom. The number of benzene rings is 3. The molecule has 0 saturated heterocycles. The third-order valence-electron chi connectivity index (χ3n) is 4.94. The number of hydrogen-bond donors (Lipinski definition) is 2. The zero-order chi connectivity index (χ0) is 24.6. The summed E-state index contributed by atoms with van der Waals surface area (Å²) < 4.78 is 39.0. The maximum absolute atomic E-state index is 12.7. The Morgan fingerprint density at radius 1 is 0.794 bits per heavy atom. The summed E-state index contributed by atoms with van der Waals surface area (Å²) in [7, 11) is -3.82. The van der Waals surface area contributed by atoms with Crippen LogP contribution in [-0.4, -0.2) is 39.3 Å². The molecule has 0 aliphatic rings. The van der Waals surface area contributed by atoms with Crippen LogP contribution in [0.25, 0.3) is 5.57 Å². The van der Waals surface area contributed by atoms with Crippen molar-refractivity contribution in [2.75, 3.05) is 19.8 Å². The van der Waals surface area contributed by atoms with Gasteiger partial charge in [0.2, 0.25) is 10.0 Å². The van der Waals surface area contributed by atoms with E-state index >= 15 is 0 Å². The van der Waals surface area contributed by atoms with Gasteiger partial charge in [-0.1, -0.05) is 30.3 Å². The van der Waals surface area contributed by atoms with Crippen molar-refractivity contribution in [3.8, 4) is 11.5 Å². The molecule has 0 saturated carbocycles. The first-order valence-corrected chi connectivity index (χ1v) is 12.3. The van der Waals surface area contributed by atoms with Gasteiger partial charge in [0.25, 0.3) is 0 Å². The summed E-state index contributed by atoms with van der Waals surface area (Å²) >= 11 is 0. The van der Waals surface area contributed by atoms with E-state index in [1.807, 2.05) is 62.4 Å². The van der Waals surface area contributed by atoms with Crippen molar-refractivity contribution in [2.24, 2.45) is 0 Å². The average molecular weight is 482 g/mol. The third kappa shape index (κ3) is 6.46. The van der Waals surface area contributed by atoms with Crippen LogP contribution in [0.3, 0.4) is 0 Å². The Balaban J connectivity index is 1.86. The minimum Gasteiger partial charge on any atom is -0.494 e. The van der Waals surface area contributed by atoms with Gasteiger partial charge in [-0.05, 0) is 79.1 Å². The molecule has 0 aromatic heterocycles. The topological polar surface area (TPSA) is 102 Å². The lowest BCUT2D eigenvalue weighted by Gasteiger charge is -2.12. The molecule has 0 atom stereocenters. The highest BCUT2D eigenvalue weighted by Crippen LogP contribution is 2.27. The molecule has 178 valence electrons. The molecule has 0 heterocycles. The number of rotatable bonds is 11. The number of aromatic carboxylic acids is 1. The van der Waals surface area contributed by atoms with E-state index in [0.717, 1.165) is 28.2 Å². The molecule has 3 aromatic rings. The molecular formula is C26H27NO6S. The number of carbonyl (C=O) groups is 1. The van der Waals surface area contributed by atoms with Gasteiger partial charge in [0.05, 0.1) is 23.7 Å². The van der Waals surface area contributed by atoms with Gasteiger partial charge < -0.3 is 14.6 Å². The van der Waals surface area contributed by atoms with Crippen molar-refractivity contribution in [1.29, 1.82) is 0 Å². The first-order chi connectivity index (χ1) is 16.3. The van der Waals surface area contributed by atoms with Gasteiger partial charge in [0, 0.05) is 6.54 Å². The van der Waals surface area contributed by atoms with Gasteiger partial charge in [-0.25, -0.2) is 17.9 Å². The van der Waals surface area contributed by atoms with Crippen molar-refractivity contribution in [1.82, 2.24) is 4.72 Å². The number of sulfonamides is 1. The van der Waals surface area contributed by atoms with Crippen LogP contribution < -0.4 is 14.2 Å². The largest absolute Gasteiger partial charge is 0.494 e. The smallest absolute Gasteiger partial charge is 0.335 e. The first kappa shape index (κ1) is 25.0. The van der Waals surface area contributed by atoms with Crippen LogP contribution in [0.1, 0.15) is 35.3 Å². The molecule has 0 unspecified atom stereocenters. The molecule has 0 spiro atoms. The Bertz CT molecular complexity index is 1180. The van der Waals surface area contributed by atoms with E-state index in [9.17, 15) is 13.2 Å². The predicted octanol–water partition coefficient (Wildman–Crippen LogP) is 4.59. The fourth-order valence-electron chi connectivity index (χ4n) is 3.31. The van der Waals surface area contributed by atoms with Gasteiger partial charge in [0.1, 0.15) is 11.5 Å². The molecule has 0 fully saturated rings. The summed E-state index contributed by atoms with van der Waals surface area (Å²) in [6.45, 7) is 5.01. The van der Waals surface area contributed by atoms with Crippen molar-refractivity contribution in [2.45, 2.75) is 18.7 Å². The van der Waals surface area contributed by atoms with Gasteiger partial charge in [-0.2, -0.15) is 0 Å². The first-order valence-electron chi connectivity index (χ1n) is 10.8. The number of ether oxygens (including phenoxy) is 2. The van der Waals surface area contributed by atoms with Crippen LogP contribution in [0.15, 0.2) is 83.8 Å². The molecule has 2 N–H and O–H groups in total. The predicted molar refractivity (Wildman–Crippen MR) is 131 cm³/mol. The lowest BCUT2D eigenvalue weighted by Crippen LogP contribution is -2.24. The van der Waals surface area contributed by atoms with Crippen LogP contribution in [0, 0.1) is 0 Å². The Kier molecular flexibility index (Phi) is 8.45. The van der Waals surface area contributed by atoms with Gasteiger partial charge in [-0.3, -0.25) is 0 Å². The maximum atomic E-state index is 12.7. The zero-order valence-electron chi connectivity index (χ0n) is 19.0. The molecule has 7 nitrogen and oxygen atoms in total. The molecule has 8 heteroatoms. The van der Waals surface area contributed by atoms with Gasteiger partial charge >= 0.3 is 5.97 Å². The number of hydrogen-bond acceptors (Lipinski definition) is 5. The number of nitrogens with one attached hydrogen (secondary N) is 1.